The van der Waals surface area contributed by atoms with E-state index in [2.05, 4.69) is 36.4 Å². The highest BCUT2D eigenvalue weighted by atomic mass is 16.5. The molecule has 0 atom stereocenters. The number of rotatable bonds is 11. The van der Waals surface area contributed by atoms with E-state index in [1.807, 2.05) is 6.92 Å². The molecule has 0 aliphatic heterocycles. The van der Waals surface area contributed by atoms with E-state index in [1.165, 1.54) is 6.08 Å². The highest BCUT2D eigenvalue weighted by molar-refractivity contribution is 5.91. The minimum atomic E-state index is -1.27. The van der Waals surface area contributed by atoms with Crippen LogP contribution in [0.15, 0.2) is 49.6 Å². The van der Waals surface area contributed by atoms with Crippen molar-refractivity contribution in [1.82, 2.24) is 5.32 Å². The third kappa shape index (κ3) is 33.8. The third-order valence-electron chi connectivity index (χ3n) is 2.74. The average Bonchev–Trinajstić information content (AvgIpc) is 2.74. The summed E-state index contributed by atoms with van der Waals surface area (Å²) in [7, 11) is 0. The number of ether oxygens (including phenoxy) is 1. The van der Waals surface area contributed by atoms with Crippen LogP contribution in [0.4, 0.5) is 0 Å². The fourth-order valence-electron chi connectivity index (χ4n) is 0.935. The number of unbranched alkanes of at least 4 members (excludes halogenated alkanes) is 1. The molecule has 0 aromatic rings. The van der Waals surface area contributed by atoms with E-state index in [0.717, 1.165) is 18.9 Å². The van der Waals surface area contributed by atoms with Crippen LogP contribution >= 0.6 is 0 Å². The highest BCUT2D eigenvalue weighted by Gasteiger charge is 2.07. The van der Waals surface area contributed by atoms with Gasteiger partial charge in [-0.05, 0) is 18.9 Å². The monoisotopic (exact) mass is 459 g/mol. The number of carboxylic acid groups (broad SMARTS) is 3. The molecule has 11 heteroatoms. The topological polar surface area (TPSA) is 188 Å². The van der Waals surface area contributed by atoms with Crippen LogP contribution in [0.5, 0.6) is 0 Å². The van der Waals surface area contributed by atoms with Crippen molar-refractivity contribution in [2.75, 3.05) is 13.3 Å². The van der Waals surface area contributed by atoms with Crippen LogP contribution in [-0.2, 0) is 28.7 Å². The lowest BCUT2D eigenvalue weighted by Gasteiger charge is -1.97. The fourth-order valence-corrected chi connectivity index (χ4v) is 0.935. The van der Waals surface area contributed by atoms with Gasteiger partial charge in [-0.25, -0.2) is 14.4 Å². The number of carboxylic acids is 3. The van der Waals surface area contributed by atoms with E-state index >= 15 is 0 Å². The van der Waals surface area contributed by atoms with Crippen molar-refractivity contribution in [3.63, 3.8) is 0 Å². The second-order valence-corrected chi connectivity index (χ2v) is 5.37. The van der Waals surface area contributed by atoms with Gasteiger partial charge in [0.15, 0.2) is 0 Å². The zero-order chi connectivity index (χ0) is 26.1. The quantitative estimate of drug-likeness (QED) is 0.132. The summed E-state index contributed by atoms with van der Waals surface area (Å²) in [4.78, 5) is 49.9. The van der Waals surface area contributed by atoms with Gasteiger partial charge in [0.25, 0.3) is 0 Å². The molecule has 0 rings (SSSR count). The van der Waals surface area contributed by atoms with E-state index in [4.69, 9.17) is 20.4 Å². The maximum atomic E-state index is 10.3. The first kappa shape index (κ1) is 35.7. The SMILES string of the molecule is C=C(CC(=O)O)C(=O)O.C=C(CC)C(=O)O.C=CC(=O)NCO.C=CC(=O)OCCCC. The zero-order valence-electron chi connectivity index (χ0n) is 18.5. The third-order valence-corrected chi connectivity index (χ3v) is 2.74. The van der Waals surface area contributed by atoms with Gasteiger partial charge < -0.3 is 30.5 Å². The summed E-state index contributed by atoms with van der Waals surface area (Å²) in [6, 6.07) is 0. The number of hydrogen-bond acceptors (Lipinski definition) is 7. The Kier molecular flexibility index (Phi) is 28.2. The smallest absolute Gasteiger partial charge is 0.331 e. The first-order chi connectivity index (χ1) is 14.8. The summed E-state index contributed by atoms with van der Waals surface area (Å²) >= 11 is 0. The molecule has 0 heterocycles. The van der Waals surface area contributed by atoms with Crippen LogP contribution in [0.2, 0.25) is 0 Å². The predicted octanol–water partition coefficient (Wildman–Crippen LogP) is 1.89. The Hall–Kier alpha value is -3.73. The van der Waals surface area contributed by atoms with Crippen molar-refractivity contribution in [2.24, 2.45) is 0 Å². The largest absolute Gasteiger partial charge is 0.481 e. The second-order valence-electron chi connectivity index (χ2n) is 5.37. The van der Waals surface area contributed by atoms with E-state index in [0.29, 0.717) is 13.0 Å². The summed E-state index contributed by atoms with van der Waals surface area (Å²) in [6.45, 7) is 16.7. The number of aliphatic hydroxyl groups excluding tert-OH is 1. The number of amides is 1. The van der Waals surface area contributed by atoms with Crippen LogP contribution in [0.1, 0.15) is 39.5 Å². The predicted molar refractivity (Wildman–Crippen MR) is 118 cm³/mol. The Bertz CT molecular complexity index is 651. The van der Waals surface area contributed by atoms with Gasteiger partial charge in [-0.2, -0.15) is 0 Å². The van der Waals surface area contributed by atoms with Gasteiger partial charge in [-0.15, -0.1) is 0 Å². The Morgan fingerprint density at radius 2 is 1.41 bits per heavy atom. The average molecular weight is 459 g/mol. The lowest BCUT2D eigenvalue weighted by molar-refractivity contribution is -0.139. The van der Waals surface area contributed by atoms with E-state index < -0.39 is 24.3 Å². The van der Waals surface area contributed by atoms with Crippen molar-refractivity contribution in [3.8, 4) is 0 Å². The van der Waals surface area contributed by atoms with E-state index in [-0.39, 0.29) is 29.8 Å². The van der Waals surface area contributed by atoms with Gasteiger partial charge in [0.2, 0.25) is 5.91 Å². The molecule has 1 amide bonds. The molecular formula is C21H33NO10. The first-order valence-electron chi connectivity index (χ1n) is 9.18. The number of carbonyl (C=O) groups excluding carboxylic acids is 2. The second kappa shape index (κ2) is 25.3. The van der Waals surface area contributed by atoms with Gasteiger partial charge in [-0.3, -0.25) is 9.59 Å². The van der Waals surface area contributed by atoms with Crippen molar-refractivity contribution in [3.05, 3.63) is 49.6 Å². The molecule has 0 fully saturated rings. The van der Waals surface area contributed by atoms with Crippen molar-refractivity contribution >= 4 is 29.8 Å². The molecule has 182 valence electrons. The van der Waals surface area contributed by atoms with Gasteiger partial charge in [0.1, 0.15) is 6.73 Å². The standard InChI is InChI=1S/C7H12O2.C5H6O4.C5H8O2.C4H7NO2/c1-3-5-6-9-7(8)4-2;1-3(5(8)9)2-4(6)7;1-3-4(2)5(6)7;1-2-4(7)5-3-6/h4H,2-3,5-6H2,1H3;1-2H2,(H,6,7)(H,8,9);2-3H2,1H3,(H,6,7);2,6H,1,3H2,(H,5,7). The minimum Gasteiger partial charge on any atom is -0.481 e. The first-order valence-corrected chi connectivity index (χ1v) is 9.18. The minimum absolute atomic E-state index is 0.264. The summed E-state index contributed by atoms with van der Waals surface area (Å²) in [5.41, 5.74) is -0.0394. The number of esters is 1. The molecule has 0 radical (unpaired) electrons. The van der Waals surface area contributed by atoms with Gasteiger partial charge in [0, 0.05) is 17.2 Å². The molecule has 5 N–H and O–H groups in total. The van der Waals surface area contributed by atoms with Crippen molar-refractivity contribution in [1.29, 1.82) is 0 Å². The molecule has 0 aromatic carbocycles. The van der Waals surface area contributed by atoms with Crippen LogP contribution in [0.3, 0.4) is 0 Å². The van der Waals surface area contributed by atoms with Crippen LogP contribution in [0.25, 0.3) is 0 Å². The number of aliphatic carboxylic acids is 3. The summed E-state index contributed by atoms with van der Waals surface area (Å²) in [5, 5.41) is 34.2. The highest BCUT2D eigenvalue weighted by Crippen LogP contribution is 1.95. The van der Waals surface area contributed by atoms with E-state index in [9.17, 15) is 24.0 Å². The molecule has 0 saturated carbocycles. The van der Waals surface area contributed by atoms with Gasteiger partial charge in [0.05, 0.1) is 13.0 Å². The maximum Gasteiger partial charge on any atom is 0.331 e. The lowest BCUT2D eigenvalue weighted by atomic mass is 10.2. The Balaban J connectivity index is -0.000000165. The molecule has 0 bridgehead atoms. The van der Waals surface area contributed by atoms with Gasteiger partial charge in [-0.1, -0.05) is 46.6 Å². The molecular weight excluding hydrogens is 426 g/mol. The molecule has 0 aromatic heterocycles. The molecule has 0 aliphatic carbocycles. The number of aliphatic hydroxyl groups is 1. The summed E-state index contributed by atoms with van der Waals surface area (Å²) < 4.78 is 4.67. The lowest BCUT2D eigenvalue weighted by Crippen LogP contribution is -2.20. The molecule has 0 spiro atoms. The number of nitrogens with one attached hydrogen (secondary N) is 1. The number of carbonyl (C=O) groups is 5. The van der Waals surface area contributed by atoms with Crippen molar-refractivity contribution in [2.45, 2.75) is 39.5 Å². The van der Waals surface area contributed by atoms with Crippen molar-refractivity contribution < 1.29 is 49.1 Å². The Morgan fingerprint density at radius 3 is 1.59 bits per heavy atom. The molecule has 0 unspecified atom stereocenters. The molecule has 0 aliphatic rings. The summed E-state index contributed by atoms with van der Waals surface area (Å²) in [6.07, 6.45) is 4.26. The summed E-state index contributed by atoms with van der Waals surface area (Å²) in [5.74, 6) is -4.03. The number of hydrogen-bond donors (Lipinski definition) is 5. The Morgan fingerprint density at radius 1 is 0.906 bits per heavy atom. The fraction of sp³-hybridized carbons (Fsp3) is 0.381. The van der Waals surface area contributed by atoms with E-state index in [1.54, 1.807) is 6.92 Å². The molecule has 32 heavy (non-hydrogen) atoms. The van der Waals surface area contributed by atoms with Crippen LogP contribution < -0.4 is 5.32 Å². The van der Waals surface area contributed by atoms with Crippen LogP contribution in [0, 0.1) is 0 Å². The zero-order valence-corrected chi connectivity index (χ0v) is 18.5. The van der Waals surface area contributed by atoms with Crippen LogP contribution in [-0.4, -0.2) is 63.5 Å². The van der Waals surface area contributed by atoms with Gasteiger partial charge >= 0.3 is 23.9 Å². The maximum absolute atomic E-state index is 10.3. The molecule has 0 saturated heterocycles. The normalized spacial score (nSPS) is 8.22. The molecule has 11 nitrogen and oxygen atoms in total. The Labute approximate surface area is 187 Å².